The van der Waals surface area contributed by atoms with Crippen molar-refractivity contribution in [3.05, 3.63) is 108 Å². The number of rotatable bonds is 10. The Morgan fingerprint density at radius 1 is 0.703 bits per heavy atom. The fraction of sp³-hybridized carbons (Fsp3) is 0.0690. The highest BCUT2D eigenvalue weighted by Crippen LogP contribution is 2.27. The molecule has 8 heteroatoms. The van der Waals surface area contributed by atoms with Crippen molar-refractivity contribution < 1.29 is 34.8 Å². The molecular weight excluding hydrogens is 474 g/mol. The van der Waals surface area contributed by atoms with Crippen LogP contribution in [0.3, 0.4) is 0 Å². The Labute approximate surface area is 213 Å². The second-order valence-corrected chi connectivity index (χ2v) is 8.12. The molecule has 0 saturated heterocycles. The van der Waals surface area contributed by atoms with Gasteiger partial charge in [-0.05, 0) is 59.2 Å². The predicted octanol–water partition coefficient (Wildman–Crippen LogP) is 4.03. The first-order valence-electron chi connectivity index (χ1n) is 11.1. The number of carbonyl (C=O) groups excluding carboxylic acids is 3. The largest absolute Gasteiger partial charge is 0.508 e. The highest BCUT2D eigenvalue weighted by molar-refractivity contribution is 6.14. The fourth-order valence-electron chi connectivity index (χ4n) is 3.69. The van der Waals surface area contributed by atoms with Crippen molar-refractivity contribution in [1.82, 2.24) is 5.32 Å². The number of ketones is 2. The molecule has 0 aliphatic heterocycles. The van der Waals surface area contributed by atoms with Gasteiger partial charge in [0.2, 0.25) is 5.91 Å². The maximum Gasteiger partial charge on any atom is 0.243 e. The van der Waals surface area contributed by atoms with Crippen LogP contribution < -0.4 is 5.32 Å². The van der Waals surface area contributed by atoms with Gasteiger partial charge in [0.05, 0.1) is 6.04 Å². The zero-order valence-corrected chi connectivity index (χ0v) is 19.6. The molecule has 1 atom stereocenters. The Bertz CT molecular complexity index is 1260. The molecule has 0 spiro atoms. The lowest BCUT2D eigenvalue weighted by molar-refractivity contribution is -0.129. The normalized spacial score (nSPS) is 12.0. The van der Waals surface area contributed by atoms with E-state index in [9.17, 15) is 34.8 Å². The number of carbonyl (C=O) groups is 3. The van der Waals surface area contributed by atoms with Crippen LogP contribution in [0.25, 0.3) is 12.2 Å². The minimum absolute atomic E-state index is 0.211. The van der Waals surface area contributed by atoms with E-state index in [-0.39, 0.29) is 23.0 Å². The minimum Gasteiger partial charge on any atom is -0.508 e. The number of aromatic hydroxyl groups is 4. The van der Waals surface area contributed by atoms with Crippen molar-refractivity contribution in [1.29, 1.82) is 0 Å². The Balaban J connectivity index is 2.03. The van der Waals surface area contributed by atoms with Gasteiger partial charge in [0, 0.05) is 12.1 Å². The molecule has 188 valence electrons. The van der Waals surface area contributed by atoms with E-state index >= 15 is 0 Å². The average molecular weight is 500 g/mol. The lowest BCUT2D eigenvalue weighted by atomic mass is 9.85. The van der Waals surface area contributed by atoms with Crippen molar-refractivity contribution in [2.75, 3.05) is 0 Å². The number of phenolic OH excluding ortho intramolecular Hbond substituents is 4. The first-order valence-corrected chi connectivity index (χ1v) is 11.1. The van der Waals surface area contributed by atoms with Crippen molar-refractivity contribution >= 4 is 29.6 Å². The van der Waals surface area contributed by atoms with Crippen LogP contribution in [0, 0.1) is 5.92 Å². The van der Waals surface area contributed by atoms with E-state index in [4.69, 9.17) is 0 Å². The molecular formula is C29H25NO7. The van der Waals surface area contributed by atoms with Crippen molar-refractivity contribution in [2.24, 2.45) is 5.92 Å². The van der Waals surface area contributed by atoms with Crippen LogP contribution in [0.1, 0.15) is 22.7 Å². The molecule has 0 bridgehead atoms. The molecule has 8 nitrogen and oxygen atoms in total. The summed E-state index contributed by atoms with van der Waals surface area (Å²) in [5.41, 5.74) is 1.12. The molecule has 3 aromatic rings. The highest BCUT2D eigenvalue weighted by atomic mass is 16.3. The van der Waals surface area contributed by atoms with E-state index in [1.54, 1.807) is 30.3 Å². The number of hydrogen-bond donors (Lipinski definition) is 5. The second kappa shape index (κ2) is 12.0. The maximum atomic E-state index is 13.4. The summed E-state index contributed by atoms with van der Waals surface area (Å²) in [6.07, 6.45) is 5.94. The Kier molecular flexibility index (Phi) is 8.62. The lowest BCUT2D eigenvalue weighted by Crippen LogP contribution is -2.39. The maximum absolute atomic E-state index is 13.4. The zero-order valence-electron chi connectivity index (χ0n) is 19.6. The van der Waals surface area contributed by atoms with Gasteiger partial charge in [-0.2, -0.15) is 0 Å². The number of nitrogens with one attached hydrogen (secondary N) is 1. The summed E-state index contributed by atoms with van der Waals surface area (Å²) in [7, 11) is 0. The molecule has 37 heavy (non-hydrogen) atoms. The van der Waals surface area contributed by atoms with Crippen LogP contribution >= 0.6 is 0 Å². The quantitative estimate of drug-likeness (QED) is 0.209. The zero-order chi connectivity index (χ0) is 26.9. The molecule has 0 saturated carbocycles. The molecule has 5 N–H and O–H groups in total. The van der Waals surface area contributed by atoms with Gasteiger partial charge in [-0.15, -0.1) is 0 Å². The number of hydrogen-bond acceptors (Lipinski definition) is 7. The van der Waals surface area contributed by atoms with E-state index < -0.39 is 29.4 Å². The highest BCUT2D eigenvalue weighted by Gasteiger charge is 2.34. The summed E-state index contributed by atoms with van der Waals surface area (Å²) >= 11 is 0. The Morgan fingerprint density at radius 3 is 1.54 bits per heavy atom. The van der Waals surface area contributed by atoms with Gasteiger partial charge >= 0.3 is 0 Å². The van der Waals surface area contributed by atoms with Gasteiger partial charge in [-0.25, -0.2) is 0 Å². The van der Waals surface area contributed by atoms with E-state index in [2.05, 4.69) is 11.9 Å². The van der Waals surface area contributed by atoms with E-state index in [1.807, 2.05) is 0 Å². The van der Waals surface area contributed by atoms with Gasteiger partial charge in [0.1, 0.15) is 28.9 Å². The first-order chi connectivity index (χ1) is 17.7. The molecule has 0 aliphatic carbocycles. The van der Waals surface area contributed by atoms with Crippen LogP contribution in [0.2, 0.25) is 0 Å². The summed E-state index contributed by atoms with van der Waals surface area (Å²) in [6.45, 7) is 3.44. The smallest absolute Gasteiger partial charge is 0.243 e. The molecule has 1 amide bonds. The van der Waals surface area contributed by atoms with E-state index in [1.165, 1.54) is 36.4 Å². The summed E-state index contributed by atoms with van der Waals surface area (Å²) in [5, 5.41) is 41.5. The summed E-state index contributed by atoms with van der Waals surface area (Å²) in [5.74, 6) is -4.16. The van der Waals surface area contributed by atoms with Crippen LogP contribution in [0.15, 0.2) is 91.5 Å². The van der Waals surface area contributed by atoms with Crippen LogP contribution in [-0.4, -0.2) is 37.9 Å². The predicted molar refractivity (Wildman–Crippen MR) is 139 cm³/mol. The number of phenols is 4. The lowest BCUT2D eigenvalue weighted by Gasteiger charge is -2.25. The van der Waals surface area contributed by atoms with E-state index in [0.29, 0.717) is 16.7 Å². The second-order valence-electron chi connectivity index (χ2n) is 8.12. The van der Waals surface area contributed by atoms with Crippen molar-refractivity contribution in [3.8, 4) is 23.0 Å². The van der Waals surface area contributed by atoms with Gasteiger partial charge in [0.15, 0.2) is 11.6 Å². The molecule has 3 aromatic carbocycles. The summed E-state index contributed by atoms with van der Waals surface area (Å²) in [4.78, 5) is 39.1. The number of benzene rings is 3. The standard InChI is InChI=1S/C29H25NO7/c1-2-27(37)30-29(20-6-4-3-5-7-20)28(25(35)10-8-18-12-21(31)16-22(32)13-18)26(36)11-9-19-14-23(33)17-24(34)15-19/h2-17,28-29,31-34H,1H2,(H,30,37)/b10-8+,11-9+. The molecule has 1 unspecified atom stereocenters. The first kappa shape index (κ1) is 26.5. The van der Waals surface area contributed by atoms with Crippen LogP contribution in [0.4, 0.5) is 0 Å². The van der Waals surface area contributed by atoms with E-state index in [0.717, 1.165) is 30.4 Å². The number of allylic oxidation sites excluding steroid dienone is 2. The molecule has 0 fully saturated rings. The molecule has 0 aromatic heterocycles. The molecule has 0 radical (unpaired) electrons. The fourth-order valence-corrected chi connectivity index (χ4v) is 3.69. The summed E-state index contributed by atoms with van der Waals surface area (Å²) in [6, 6.07) is 15.0. The van der Waals surface area contributed by atoms with Gasteiger partial charge < -0.3 is 25.7 Å². The van der Waals surface area contributed by atoms with Crippen LogP contribution in [0.5, 0.6) is 23.0 Å². The third-order valence-corrected chi connectivity index (χ3v) is 5.32. The van der Waals surface area contributed by atoms with Gasteiger partial charge in [-0.3, -0.25) is 14.4 Å². The Hall–Kier alpha value is -5.11. The topological polar surface area (TPSA) is 144 Å². The monoisotopic (exact) mass is 499 g/mol. The van der Waals surface area contributed by atoms with Crippen molar-refractivity contribution in [2.45, 2.75) is 6.04 Å². The summed E-state index contributed by atoms with van der Waals surface area (Å²) < 4.78 is 0. The average Bonchev–Trinajstić information content (AvgIpc) is 2.85. The molecule has 0 aliphatic rings. The third kappa shape index (κ3) is 7.43. The van der Waals surface area contributed by atoms with Crippen molar-refractivity contribution in [3.63, 3.8) is 0 Å². The Morgan fingerprint density at radius 2 is 1.14 bits per heavy atom. The number of amides is 1. The molecule has 3 rings (SSSR count). The molecule has 0 heterocycles. The minimum atomic E-state index is -1.41. The SMILES string of the molecule is C=CC(=O)NC(c1ccccc1)C(C(=O)/C=C/c1cc(O)cc(O)c1)C(=O)/C=C/c1cc(O)cc(O)c1. The van der Waals surface area contributed by atoms with Gasteiger partial charge in [-0.1, -0.05) is 49.1 Å². The van der Waals surface area contributed by atoms with Crippen LogP contribution in [-0.2, 0) is 14.4 Å². The van der Waals surface area contributed by atoms with Gasteiger partial charge in [0.25, 0.3) is 0 Å². The third-order valence-electron chi connectivity index (χ3n) is 5.32.